The van der Waals surface area contributed by atoms with Gasteiger partial charge in [0.1, 0.15) is 5.54 Å². The smallest absolute Gasteiger partial charge is 0.328 e. The first-order chi connectivity index (χ1) is 12.9. The van der Waals surface area contributed by atoms with E-state index in [1.54, 1.807) is 0 Å². The zero-order chi connectivity index (χ0) is 21.5. The second-order valence-corrected chi connectivity index (χ2v) is 7.98. The van der Waals surface area contributed by atoms with Crippen molar-refractivity contribution in [2.75, 3.05) is 0 Å². The maximum atomic E-state index is 12.2. The van der Waals surface area contributed by atoms with Crippen LogP contribution in [-0.2, 0) is 19.9 Å². The number of benzene rings is 1. The molecule has 0 amide bonds. The molecule has 0 saturated carbocycles. The second-order valence-electron chi connectivity index (χ2n) is 7.98. The number of rotatable bonds is 10. The lowest BCUT2D eigenvalue weighted by Crippen LogP contribution is -2.41. The molecule has 1 aromatic rings. The van der Waals surface area contributed by atoms with Crippen LogP contribution in [0.25, 0.3) is 0 Å². The van der Waals surface area contributed by atoms with Gasteiger partial charge in [-0.05, 0) is 49.3 Å². The lowest BCUT2D eigenvalue weighted by molar-refractivity contribution is -0.143. The molecule has 0 heterocycles. The first-order valence-electron chi connectivity index (χ1n) is 9.51. The molecule has 156 valence electrons. The number of hydrogen-bond acceptors (Lipinski definition) is 6. The van der Waals surface area contributed by atoms with Gasteiger partial charge in [-0.25, -0.2) is 4.79 Å². The summed E-state index contributed by atoms with van der Waals surface area (Å²) < 4.78 is 10.7. The Labute approximate surface area is 166 Å². The Morgan fingerprint density at radius 3 is 1.86 bits per heavy atom. The van der Waals surface area contributed by atoms with Crippen molar-refractivity contribution in [3.05, 3.63) is 23.8 Å². The number of carbonyl (C=O) groups excluding carboxylic acids is 2. The molecule has 7 heteroatoms. The lowest BCUT2D eigenvalue weighted by atomic mass is 9.93. The van der Waals surface area contributed by atoms with Crippen LogP contribution in [-0.4, -0.2) is 23.0 Å². The van der Waals surface area contributed by atoms with Crippen LogP contribution in [0.15, 0.2) is 18.2 Å². The summed E-state index contributed by atoms with van der Waals surface area (Å²) in [5, 5.41) is 9.33. The molecule has 1 rings (SSSR count). The van der Waals surface area contributed by atoms with Crippen LogP contribution < -0.4 is 15.2 Å². The van der Waals surface area contributed by atoms with Crippen LogP contribution in [0.5, 0.6) is 11.5 Å². The SMILES string of the molecule is CC(C)CCC(=O)Oc1ccc([C@](C)(N)C(=O)O)cc1OC(=O)CCC(C)C. The molecule has 0 aliphatic carbocycles. The quantitative estimate of drug-likeness (QED) is 0.460. The van der Waals surface area contributed by atoms with Crippen LogP contribution >= 0.6 is 0 Å². The Kier molecular flexibility index (Phi) is 8.63. The van der Waals surface area contributed by atoms with E-state index in [2.05, 4.69) is 0 Å². The van der Waals surface area contributed by atoms with Crippen molar-refractivity contribution in [3.8, 4) is 11.5 Å². The zero-order valence-corrected chi connectivity index (χ0v) is 17.3. The van der Waals surface area contributed by atoms with Crippen molar-refractivity contribution >= 4 is 17.9 Å². The minimum Gasteiger partial charge on any atom is -0.480 e. The van der Waals surface area contributed by atoms with Crippen molar-refractivity contribution < 1.29 is 29.0 Å². The van der Waals surface area contributed by atoms with Gasteiger partial charge >= 0.3 is 17.9 Å². The summed E-state index contributed by atoms with van der Waals surface area (Å²) in [4.78, 5) is 35.7. The molecular weight excluding hydrogens is 362 g/mol. The van der Waals surface area contributed by atoms with Gasteiger partial charge in [-0.2, -0.15) is 0 Å². The molecule has 0 aliphatic rings. The third-order valence-corrected chi connectivity index (χ3v) is 4.29. The number of esters is 2. The van der Waals surface area contributed by atoms with Crippen LogP contribution in [0.2, 0.25) is 0 Å². The summed E-state index contributed by atoms with van der Waals surface area (Å²) in [5.74, 6) is -1.44. The monoisotopic (exact) mass is 393 g/mol. The number of carboxylic acid groups (broad SMARTS) is 1. The van der Waals surface area contributed by atoms with E-state index in [1.165, 1.54) is 25.1 Å². The summed E-state index contributed by atoms with van der Waals surface area (Å²) in [7, 11) is 0. The molecular formula is C21H31NO6. The van der Waals surface area contributed by atoms with E-state index in [-0.39, 0.29) is 29.9 Å². The molecule has 28 heavy (non-hydrogen) atoms. The Balaban J connectivity index is 3.10. The number of carbonyl (C=O) groups is 3. The number of nitrogens with two attached hydrogens (primary N) is 1. The minimum absolute atomic E-state index is 0.0120. The summed E-state index contributed by atoms with van der Waals surface area (Å²) >= 11 is 0. The maximum Gasteiger partial charge on any atom is 0.328 e. The average molecular weight is 393 g/mol. The summed E-state index contributed by atoms with van der Waals surface area (Å²) in [5.41, 5.74) is 4.41. The summed E-state index contributed by atoms with van der Waals surface area (Å²) in [6.07, 6.45) is 1.73. The molecule has 1 atom stereocenters. The standard InChI is InChI=1S/C21H31NO6/c1-13(2)6-10-18(23)27-16-9-8-15(21(5,22)20(25)26)12-17(16)28-19(24)11-7-14(3)4/h8-9,12-14H,6-7,10-11,22H2,1-5H3,(H,25,26)/t21-/m0/s1. The van der Waals surface area contributed by atoms with E-state index in [0.29, 0.717) is 24.7 Å². The molecule has 3 N–H and O–H groups in total. The molecule has 0 radical (unpaired) electrons. The molecule has 1 aromatic carbocycles. The van der Waals surface area contributed by atoms with Crippen molar-refractivity contribution in [2.24, 2.45) is 17.6 Å². The van der Waals surface area contributed by atoms with Gasteiger partial charge in [0.15, 0.2) is 11.5 Å². The highest BCUT2D eigenvalue weighted by Crippen LogP contribution is 2.33. The van der Waals surface area contributed by atoms with E-state index >= 15 is 0 Å². The Bertz CT molecular complexity index is 709. The third kappa shape index (κ3) is 7.31. The van der Waals surface area contributed by atoms with Gasteiger partial charge in [0.05, 0.1) is 0 Å². The molecule has 0 fully saturated rings. The fourth-order valence-electron chi connectivity index (χ4n) is 2.28. The van der Waals surface area contributed by atoms with Gasteiger partial charge < -0.3 is 20.3 Å². The van der Waals surface area contributed by atoms with Crippen molar-refractivity contribution in [3.63, 3.8) is 0 Å². The number of carboxylic acids is 1. The molecule has 0 aliphatic heterocycles. The predicted molar refractivity (Wildman–Crippen MR) is 105 cm³/mol. The second kappa shape index (κ2) is 10.2. The van der Waals surface area contributed by atoms with Crippen molar-refractivity contribution in [1.82, 2.24) is 0 Å². The largest absolute Gasteiger partial charge is 0.480 e. The average Bonchev–Trinajstić information content (AvgIpc) is 2.59. The molecule has 0 saturated heterocycles. The Hall–Kier alpha value is -2.41. The fourth-order valence-corrected chi connectivity index (χ4v) is 2.28. The highest BCUT2D eigenvalue weighted by Gasteiger charge is 2.31. The number of ether oxygens (including phenoxy) is 2. The van der Waals surface area contributed by atoms with Crippen LogP contribution in [0.1, 0.15) is 65.9 Å². The first-order valence-corrected chi connectivity index (χ1v) is 9.51. The zero-order valence-electron chi connectivity index (χ0n) is 17.3. The van der Waals surface area contributed by atoms with Crippen LogP contribution in [0, 0.1) is 11.8 Å². The topological polar surface area (TPSA) is 116 Å². The maximum absolute atomic E-state index is 12.2. The van der Waals surface area contributed by atoms with Gasteiger partial charge in [0.25, 0.3) is 0 Å². The number of aliphatic carboxylic acids is 1. The summed E-state index contributed by atoms with van der Waals surface area (Å²) in [6.45, 7) is 9.31. The third-order valence-electron chi connectivity index (χ3n) is 4.29. The van der Waals surface area contributed by atoms with Crippen molar-refractivity contribution in [2.45, 2.75) is 65.8 Å². The van der Waals surface area contributed by atoms with Gasteiger partial charge in [-0.1, -0.05) is 33.8 Å². The van der Waals surface area contributed by atoms with Gasteiger partial charge in [0, 0.05) is 12.8 Å². The first kappa shape index (κ1) is 23.6. The highest BCUT2D eigenvalue weighted by atomic mass is 16.6. The van der Waals surface area contributed by atoms with E-state index in [1.807, 2.05) is 27.7 Å². The molecule has 0 aromatic heterocycles. The van der Waals surface area contributed by atoms with Gasteiger partial charge in [0.2, 0.25) is 0 Å². The molecule has 0 bridgehead atoms. The van der Waals surface area contributed by atoms with Gasteiger partial charge in [-0.3, -0.25) is 9.59 Å². The molecule has 0 unspecified atom stereocenters. The Morgan fingerprint density at radius 1 is 0.964 bits per heavy atom. The van der Waals surface area contributed by atoms with E-state index in [9.17, 15) is 19.5 Å². The lowest BCUT2D eigenvalue weighted by Gasteiger charge is -2.21. The van der Waals surface area contributed by atoms with Crippen molar-refractivity contribution in [1.29, 1.82) is 0 Å². The van der Waals surface area contributed by atoms with Crippen LogP contribution in [0.4, 0.5) is 0 Å². The predicted octanol–water partition coefficient (Wildman–Crippen LogP) is 3.63. The van der Waals surface area contributed by atoms with E-state index in [0.717, 1.165) is 0 Å². The highest BCUT2D eigenvalue weighted by molar-refractivity contribution is 5.81. The molecule has 0 spiro atoms. The van der Waals surface area contributed by atoms with E-state index in [4.69, 9.17) is 15.2 Å². The fraction of sp³-hybridized carbons (Fsp3) is 0.571. The van der Waals surface area contributed by atoms with Crippen LogP contribution in [0.3, 0.4) is 0 Å². The molecule has 7 nitrogen and oxygen atoms in total. The number of hydrogen-bond donors (Lipinski definition) is 2. The normalized spacial score (nSPS) is 13.3. The minimum atomic E-state index is -1.68. The summed E-state index contributed by atoms with van der Waals surface area (Å²) in [6, 6.07) is 4.19. The Morgan fingerprint density at radius 2 is 1.43 bits per heavy atom. The van der Waals surface area contributed by atoms with E-state index < -0.39 is 23.4 Å². The van der Waals surface area contributed by atoms with Gasteiger partial charge in [-0.15, -0.1) is 0 Å².